The molecule has 1 saturated heterocycles. The Hall–Kier alpha value is -1.17. The highest BCUT2D eigenvalue weighted by molar-refractivity contribution is 4.83. The van der Waals surface area contributed by atoms with Crippen LogP contribution < -0.4 is 4.73 Å². The van der Waals surface area contributed by atoms with Gasteiger partial charge < -0.3 is 19.8 Å². The summed E-state index contributed by atoms with van der Waals surface area (Å²) in [6.07, 6.45) is 2.89. The highest BCUT2D eigenvalue weighted by Crippen LogP contribution is 2.02. The van der Waals surface area contributed by atoms with Gasteiger partial charge in [0, 0.05) is 12.1 Å². The van der Waals surface area contributed by atoms with Crippen LogP contribution >= 0.6 is 0 Å². The molecule has 15 heavy (non-hydrogen) atoms. The van der Waals surface area contributed by atoms with Gasteiger partial charge in [-0.15, -0.1) is 0 Å². The Morgan fingerprint density at radius 2 is 1.67 bits per heavy atom. The number of hydroxylamine groups is 3. The Morgan fingerprint density at radius 3 is 1.93 bits per heavy atom. The van der Waals surface area contributed by atoms with Gasteiger partial charge in [-0.2, -0.15) is 4.73 Å². The summed E-state index contributed by atoms with van der Waals surface area (Å²) in [5, 5.41) is 21.2. The first-order chi connectivity index (χ1) is 7.10. The summed E-state index contributed by atoms with van der Waals surface area (Å²) in [6, 6.07) is 5.18. The van der Waals surface area contributed by atoms with Gasteiger partial charge >= 0.3 is 0 Å². The van der Waals surface area contributed by atoms with Crippen LogP contribution in [0, 0.1) is 10.4 Å². The Morgan fingerprint density at radius 1 is 1.13 bits per heavy atom. The molecule has 5 nitrogen and oxygen atoms in total. The molecule has 0 spiro atoms. The topological polar surface area (TPSA) is 59.2 Å². The maximum absolute atomic E-state index is 11.0. The molecule has 2 heterocycles. The highest BCUT2D eigenvalue weighted by Gasteiger charge is 2.13. The number of hydrogen-bond donors (Lipinski definition) is 0. The molecule has 84 valence electrons. The number of morpholine rings is 1. The molecule has 1 aromatic heterocycles. The number of aromatic nitrogens is 1. The summed E-state index contributed by atoms with van der Waals surface area (Å²) in [5.74, 6) is 0. The fraction of sp³-hybridized carbons (Fsp3) is 0.500. The standard InChI is InChI=1S/C5H11NO2.C5H5NO/c1-6(7)2-4-8-5-3-6;7-6-4-2-1-3-5-6/h2-5H2,1H3;1-5H. The predicted molar refractivity (Wildman–Crippen MR) is 55.5 cm³/mol. The first kappa shape index (κ1) is 11.9. The van der Waals surface area contributed by atoms with Crippen molar-refractivity contribution in [1.82, 2.24) is 0 Å². The lowest BCUT2D eigenvalue weighted by molar-refractivity contribution is -0.869. The Kier molecular flexibility index (Phi) is 4.48. The lowest BCUT2D eigenvalue weighted by Crippen LogP contribution is -2.46. The van der Waals surface area contributed by atoms with Gasteiger partial charge in [0.25, 0.3) is 0 Å². The van der Waals surface area contributed by atoms with Crippen LogP contribution in [-0.2, 0) is 4.74 Å². The van der Waals surface area contributed by atoms with Gasteiger partial charge in [0.1, 0.15) is 13.1 Å². The van der Waals surface area contributed by atoms with Crippen molar-refractivity contribution < 1.29 is 14.1 Å². The summed E-state index contributed by atoms with van der Waals surface area (Å²) >= 11 is 0. The fourth-order valence-electron chi connectivity index (χ4n) is 1.11. The molecule has 5 heteroatoms. The van der Waals surface area contributed by atoms with E-state index >= 15 is 0 Å². The molecule has 0 unspecified atom stereocenters. The molecular weight excluding hydrogens is 196 g/mol. The van der Waals surface area contributed by atoms with Crippen LogP contribution in [0.1, 0.15) is 0 Å². The molecule has 0 N–H and O–H groups in total. The molecule has 2 rings (SSSR count). The summed E-state index contributed by atoms with van der Waals surface area (Å²) in [7, 11) is 1.68. The van der Waals surface area contributed by atoms with Crippen molar-refractivity contribution in [2.24, 2.45) is 0 Å². The smallest absolute Gasteiger partial charge is 0.180 e. The summed E-state index contributed by atoms with van der Waals surface area (Å²) < 4.78 is 5.61. The second kappa shape index (κ2) is 5.65. The van der Waals surface area contributed by atoms with E-state index in [-0.39, 0.29) is 4.65 Å². The van der Waals surface area contributed by atoms with Crippen molar-refractivity contribution in [2.75, 3.05) is 33.4 Å². The van der Waals surface area contributed by atoms with Crippen molar-refractivity contribution in [3.63, 3.8) is 0 Å². The molecule has 1 fully saturated rings. The van der Waals surface area contributed by atoms with Crippen LogP contribution in [0.25, 0.3) is 0 Å². The molecule has 0 aromatic carbocycles. The minimum absolute atomic E-state index is 0.125. The minimum Gasteiger partial charge on any atom is -0.633 e. The Bertz CT molecular complexity index is 269. The molecule has 0 bridgehead atoms. The number of rotatable bonds is 0. The van der Waals surface area contributed by atoms with E-state index < -0.39 is 0 Å². The zero-order valence-corrected chi connectivity index (χ0v) is 8.83. The zero-order chi connectivity index (χ0) is 11.1. The van der Waals surface area contributed by atoms with Gasteiger partial charge in [0.15, 0.2) is 12.4 Å². The number of ether oxygens (including phenoxy) is 1. The van der Waals surface area contributed by atoms with E-state index in [2.05, 4.69) is 0 Å². The third-order valence-corrected chi connectivity index (χ3v) is 2.11. The summed E-state index contributed by atoms with van der Waals surface area (Å²) in [6.45, 7) is 2.47. The van der Waals surface area contributed by atoms with Crippen LogP contribution in [0.4, 0.5) is 0 Å². The van der Waals surface area contributed by atoms with E-state index in [0.717, 1.165) is 4.73 Å². The van der Waals surface area contributed by atoms with Crippen molar-refractivity contribution in [3.8, 4) is 0 Å². The van der Waals surface area contributed by atoms with Crippen molar-refractivity contribution in [2.45, 2.75) is 0 Å². The number of quaternary nitrogens is 1. The number of likely N-dealkylation sites (N-methyl/N-ethyl adjacent to an activating group) is 1. The highest BCUT2D eigenvalue weighted by atomic mass is 16.6. The maximum Gasteiger partial charge on any atom is 0.180 e. The van der Waals surface area contributed by atoms with Crippen molar-refractivity contribution >= 4 is 0 Å². The van der Waals surface area contributed by atoms with E-state index in [1.807, 2.05) is 0 Å². The van der Waals surface area contributed by atoms with E-state index in [4.69, 9.17) is 4.74 Å². The van der Waals surface area contributed by atoms with Gasteiger partial charge in [0.2, 0.25) is 0 Å². The SMILES string of the molecule is C[N+]1([O-])CCOCC1.[O-][n+]1ccccc1. The summed E-state index contributed by atoms with van der Waals surface area (Å²) in [4.78, 5) is 0. The largest absolute Gasteiger partial charge is 0.633 e. The number of hydrogen-bond acceptors (Lipinski definition) is 3. The molecule has 1 aromatic rings. The number of pyridine rings is 1. The first-order valence-electron chi connectivity index (χ1n) is 4.87. The average Bonchev–Trinajstić information content (AvgIpc) is 2.19. The minimum atomic E-state index is -0.125. The molecule has 0 radical (unpaired) electrons. The second-order valence-electron chi connectivity index (χ2n) is 3.59. The molecule has 1 aliphatic rings. The summed E-state index contributed by atoms with van der Waals surface area (Å²) in [5.41, 5.74) is 0. The Labute approximate surface area is 89.3 Å². The monoisotopic (exact) mass is 212 g/mol. The van der Waals surface area contributed by atoms with Gasteiger partial charge in [-0.05, 0) is 0 Å². The van der Waals surface area contributed by atoms with Crippen LogP contribution in [-0.4, -0.2) is 38.0 Å². The Balaban J connectivity index is 0.000000151. The van der Waals surface area contributed by atoms with Crippen molar-refractivity contribution in [3.05, 3.63) is 41.0 Å². The molecule has 0 amide bonds. The third kappa shape index (κ3) is 5.31. The van der Waals surface area contributed by atoms with E-state index in [1.54, 1.807) is 25.2 Å². The van der Waals surface area contributed by atoms with Crippen LogP contribution in [0.3, 0.4) is 0 Å². The molecule has 1 aliphatic heterocycles. The fourth-order valence-corrected chi connectivity index (χ4v) is 1.11. The molecule has 0 atom stereocenters. The molecule has 0 saturated carbocycles. The normalized spacial score (nSPS) is 18.8. The van der Waals surface area contributed by atoms with Gasteiger partial charge in [-0.1, -0.05) is 6.07 Å². The second-order valence-corrected chi connectivity index (χ2v) is 3.59. The lowest BCUT2D eigenvalue weighted by atomic mass is 10.4. The molecule has 0 aliphatic carbocycles. The lowest BCUT2D eigenvalue weighted by Gasteiger charge is -2.41. The van der Waals surface area contributed by atoms with Gasteiger partial charge in [0.05, 0.1) is 20.3 Å². The zero-order valence-electron chi connectivity index (χ0n) is 8.83. The maximum atomic E-state index is 11.0. The quantitative estimate of drug-likeness (QED) is 0.352. The average molecular weight is 212 g/mol. The van der Waals surface area contributed by atoms with Crippen molar-refractivity contribution in [1.29, 1.82) is 0 Å². The van der Waals surface area contributed by atoms with Gasteiger partial charge in [-0.25, -0.2) is 0 Å². The third-order valence-electron chi connectivity index (χ3n) is 2.11. The van der Waals surface area contributed by atoms with Crippen LogP contribution in [0.15, 0.2) is 30.6 Å². The van der Waals surface area contributed by atoms with E-state index in [1.165, 1.54) is 12.4 Å². The molecular formula is C10H16N2O3. The van der Waals surface area contributed by atoms with Crippen LogP contribution in [0.2, 0.25) is 0 Å². The first-order valence-corrected chi connectivity index (χ1v) is 4.87. The van der Waals surface area contributed by atoms with E-state index in [9.17, 15) is 10.4 Å². The van der Waals surface area contributed by atoms with Crippen LogP contribution in [0.5, 0.6) is 0 Å². The predicted octanol–water partition coefficient (Wildman–Crippen LogP) is 0.281. The van der Waals surface area contributed by atoms with E-state index in [0.29, 0.717) is 26.3 Å². The number of nitrogens with zero attached hydrogens (tertiary/aromatic N) is 2. The van der Waals surface area contributed by atoms with Gasteiger partial charge in [-0.3, -0.25) is 0 Å².